The summed E-state index contributed by atoms with van der Waals surface area (Å²) in [5.41, 5.74) is 1.06. The second-order valence-electron chi connectivity index (χ2n) is 4.62. The van der Waals surface area contributed by atoms with E-state index in [0.29, 0.717) is 34.2 Å². The van der Waals surface area contributed by atoms with E-state index in [-0.39, 0.29) is 12.7 Å². The molecule has 0 saturated carbocycles. The van der Waals surface area contributed by atoms with Crippen LogP contribution in [0.5, 0.6) is 23.0 Å². The molecule has 0 spiro atoms. The average molecular weight is 301 g/mol. The van der Waals surface area contributed by atoms with Crippen molar-refractivity contribution in [2.75, 3.05) is 26.3 Å². The molecule has 2 aromatic rings. The summed E-state index contributed by atoms with van der Waals surface area (Å²) in [4.78, 5) is 12.4. The normalized spacial score (nSPS) is 11.9. The number of carbonyl (C=O) groups is 1. The fourth-order valence-electron chi connectivity index (χ4n) is 2.12. The number of hydrogen-bond donors (Lipinski definition) is 1. The molecule has 2 aromatic carbocycles. The van der Waals surface area contributed by atoms with Crippen LogP contribution < -0.4 is 24.3 Å². The Bertz CT molecular complexity index is 691. The zero-order chi connectivity index (χ0) is 15.5. The van der Waals surface area contributed by atoms with Crippen molar-refractivity contribution >= 4 is 11.6 Å². The van der Waals surface area contributed by atoms with E-state index in [9.17, 15) is 4.79 Å². The van der Waals surface area contributed by atoms with Gasteiger partial charge in [-0.3, -0.25) is 4.79 Å². The van der Waals surface area contributed by atoms with E-state index in [2.05, 4.69) is 5.32 Å². The maximum Gasteiger partial charge on any atom is 0.255 e. The van der Waals surface area contributed by atoms with Gasteiger partial charge < -0.3 is 24.3 Å². The quantitative estimate of drug-likeness (QED) is 0.940. The highest BCUT2D eigenvalue weighted by atomic mass is 16.7. The molecule has 0 unspecified atom stereocenters. The number of methoxy groups -OCH3 is 2. The minimum absolute atomic E-state index is 0.194. The molecule has 0 atom stereocenters. The molecule has 6 nitrogen and oxygen atoms in total. The van der Waals surface area contributed by atoms with Gasteiger partial charge >= 0.3 is 0 Å². The van der Waals surface area contributed by atoms with E-state index in [1.54, 1.807) is 36.4 Å². The summed E-state index contributed by atoms with van der Waals surface area (Å²) >= 11 is 0. The van der Waals surface area contributed by atoms with E-state index in [1.807, 2.05) is 0 Å². The molecular formula is C16H15NO5. The Morgan fingerprint density at radius 3 is 2.36 bits per heavy atom. The van der Waals surface area contributed by atoms with Gasteiger partial charge in [-0.2, -0.15) is 0 Å². The Morgan fingerprint density at radius 2 is 1.68 bits per heavy atom. The Hall–Kier alpha value is -2.89. The highest BCUT2D eigenvalue weighted by Crippen LogP contribution is 2.34. The Kier molecular flexibility index (Phi) is 3.74. The van der Waals surface area contributed by atoms with Crippen LogP contribution in [0.3, 0.4) is 0 Å². The lowest BCUT2D eigenvalue weighted by Gasteiger charge is -2.09. The number of nitrogens with one attached hydrogen (secondary N) is 1. The number of hydrogen-bond acceptors (Lipinski definition) is 5. The second kappa shape index (κ2) is 5.85. The van der Waals surface area contributed by atoms with Gasteiger partial charge in [0.25, 0.3) is 5.91 Å². The fraction of sp³-hybridized carbons (Fsp3) is 0.188. The van der Waals surface area contributed by atoms with E-state index in [1.165, 1.54) is 14.2 Å². The monoisotopic (exact) mass is 301 g/mol. The van der Waals surface area contributed by atoms with Crippen LogP contribution >= 0.6 is 0 Å². The van der Waals surface area contributed by atoms with E-state index in [0.717, 1.165) is 0 Å². The summed E-state index contributed by atoms with van der Waals surface area (Å²) in [6.45, 7) is 0.194. The first-order valence-electron chi connectivity index (χ1n) is 6.63. The van der Waals surface area contributed by atoms with Crippen molar-refractivity contribution in [2.45, 2.75) is 0 Å². The van der Waals surface area contributed by atoms with Crippen molar-refractivity contribution in [3.05, 3.63) is 42.0 Å². The van der Waals surface area contributed by atoms with Gasteiger partial charge in [0, 0.05) is 23.4 Å². The van der Waals surface area contributed by atoms with Crippen LogP contribution in [0.1, 0.15) is 10.4 Å². The van der Waals surface area contributed by atoms with Gasteiger partial charge in [-0.1, -0.05) is 0 Å². The number of ether oxygens (including phenoxy) is 4. The largest absolute Gasteiger partial charge is 0.497 e. The van der Waals surface area contributed by atoms with E-state index in [4.69, 9.17) is 18.9 Å². The average Bonchev–Trinajstić information content (AvgIpc) is 3.01. The minimum atomic E-state index is -0.268. The molecule has 0 radical (unpaired) electrons. The molecule has 114 valence electrons. The van der Waals surface area contributed by atoms with Gasteiger partial charge in [0.2, 0.25) is 6.79 Å². The molecule has 1 aliphatic heterocycles. The summed E-state index contributed by atoms with van der Waals surface area (Å²) in [5.74, 6) is 2.11. The third kappa shape index (κ3) is 2.76. The van der Waals surface area contributed by atoms with Crippen LogP contribution in [0.15, 0.2) is 36.4 Å². The third-order valence-corrected chi connectivity index (χ3v) is 3.24. The zero-order valence-corrected chi connectivity index (χ0v) is 12.2. The summed E-state index contributed by atoms with van der Waals surface area (Å²) in [7, 11) is 3.07. The zero-order valence-electron chi connectivity index (χ0n) is 12.2. The van der Waals surface area contributed by atoms with E-state index >= 15 is 0 Å². The van der Waals surface area contributed by atoms with Crippen LogP contribution in [0, 0.1) is 0 Å². The molecular weight excluding hydrogens is 286 g/mol. The maximum atomic E-state index is 12.4. The molecule has 22 heavy (non-hydrogen) atoms. The molecule has 1 aliphatic rings. The molecule has 1 amide bonds. The van der Waals surface area contributed by atoms with Crippen LogP contribution in [0.25, 0.3) is 0 Å². The first-order valence-corrected chi connectivity index (χ1v) is 6.63. The SMILES string of the molecule is COc1cc(OC)cc(C(=O)Nc2ccc3c(c2)OCO3)c1. The number of benzene rings is 2. The lowest BCUT2D eigenvalue weighted by molar-refractivity contribution is 0.102. The standard InChI is InChI=1S/C16H15NO5/c1-19-12-5-10(6-13(8-12)20-2)16(18)17-11-3-4-14-15(7-11)22-9-21-14/h3-8H,9H2,1-2H3,(H,17,18). The summed E-state index contributed by atoms with van der Waals surface area (Å²) < 4.78 is 20.8. The van der Waals surface area contributed by atoms with Crippen molar-refractivity contribution in [1.82, 2.24) is 0 Å². The molecule has 0 bridgehead atoms. The lowest BCUT2D eigenvalue weighted by Crippen LogP contribution is -2.12. The first-order chi connectivity index (χ1) is 10.7. The van der Waals surface area contributed by atoms with Gasteiger partial charge in [0.1, 0.15) is 11.5 Å². The highest BCUT2D eigenvalue weighted by molar-refractivity contribution is 6.05. The molecule has 1 heterocycles. The number of fused-ring (bicyclic) bond motifs is 1. The third-order valence-electron chi connectivity index (χ3n) is 3.24. The molecule has 1 N–H and O–H groups in total. The fourth-order valence-corrected chi connectivity index (χ4v) is 2.12. The Balaban J connectivity index is 1.82. The lowest BCUT2D eigenvalue weighted by atomic mass is 10.1. The van der Waals surface area contributed by atoms with Crippen molar-refractivity contribution < 1.29 is 23.7 Å². The van der Waals surface area contributed by atoms with Crippen molar-refractivity contribution in [3.63, 3.8) is 0 Å². The summed E-state index contributed by atoms with van der Waals surface area (Å²) in [6, 6.07) is 10.2. The van der Waals surface area contributed by atoms with Crippen LogP contribution in [-0.4, -0.2) is 26.9 Å². The predicted molar refractivity (Wildman–Crippen MR) is 80.1 cm³/mol. The molecule has 0 aromatic heterocycles. The number of carbonyl (C=O) groups excluding carboxylic acids is 1. The molecule has 3 rings (SSSR count). The number of rotatable bonds is 4. The van der Waals surface area contributed by atoms with Crippen LogP contribution in [0.4, 0.5) is 5.69 Å². The number of amides is 1. The first kappa shape index (κ1) is 14.1. The molecule has 0 fully saturated rings. The van der Waals surface area contributed by atoms with Crippen LogP contribution in [-0.2, 0) is 0 Å². The predicted octanol–water partition coefficient (Wildman–Crippen LogP) is 2.68. The summed E-state index contributed by atoms with van der Waals surface area (Å²) in [6.07, 6.45) is 0. The van der Waals surface area contributed by atoms with Gasteiger partial charge in [0.05, 0.1) is 14.2 Å². The maximum absolute atomic E-state index is 12.4. The smallest absolute Gasteiger partial charge is 0.255 e. The van der Waals surface area contributed by atoms with Gasteiger partial charge in [-0.25, -0.2) is 0 Å². The van der Waals surface area contributed by atoms with Crippen molar-refractivity contribution in [1.29, 1.82) is 0 Å². The van der Waals surface area contributed by atoms with E-state index < -0.39 is 0 Å². The summed E-state index contributed by atoms with van der Waals surface area (Å²) in [5, 5.41) is 2.80. The topological polar surface area (TPSA) is 66.0 Å². The van der Waals surface area contributed by atoms with Crippen LogP contribution in [0.2, 0.25) is 0 Å². The second-order valence-corrected chi connectivity index (χ2v) is 4.62. The number of anilines is 1. The molecule has 0 saturated heterocycles. The minimum Gasteiger partial charge on any atom is -0.497 e. The molecule has 6 heteroatoms. The Labute approximate surface area is 127 Å². The van der Waals surface area contributed by atoms with Crippen molar-refractivity contribution in [3.8, 4) is 23.0 Å². The van der Waals surface area contributed by atoms with Gasteiger partial charge in [0.15, 0.2) is 11.5 Å². The van der Waals surface area contributed by atoms with Crippen molar-refractivity contribution in [2.24, 2.45) is 0 Å². The Morgan fingerprint density at radius 1 is 1.00 bits per heavy atom. The van der Waals surface area contributed by atoms with Gasteiger partial charge in [-0.05, 0) is 24.3 Å². The highest BCUT2D eigenvalue weighted by Gasteiger charge is 2.15. The van der Waals surface area contributed by atoms with Gasteiger partial charge in [-0.15, -0.1) is 0 Å². The molecule has 0 aliphatic carbocycles.